The largest absolute Gasteiger partial charge is 0.493 e. The van der Waals surface area contributed by atoms with Crippen molar-refractivity contribution in [1.82, 2.24) is 0 Å². The third kappa shape index (κ3) is 3.76. The average molecular weight is 384 g/mol. The van der Waals surface area contributed by atoms with E-state index >= 15 is 0 Å². The van der Waals surface area contributed by atoms with Crippen LogP contribution in [0.15, 0.2) is 17.0 Å². The summed E-state index contributed by atoms with van der Waals surface area (Å²) in [6.45, 7) is 1.41. The minimum atomic E-state index is -5.08. The lowest BCUT2D eigenvalue weighted by atomic mass is 9.74. The van der Waals surface area contributed by atoms with E-state index in [2.05, 4.69) is 0 Å². The molecule has 1 aliphatic rings. The fourth-order valence-electron chi connectivity index (χ4n) is 3.00. The molecule has 0 amide bonds. The molecular formula is C15H19F3O6S. The van der Waals surface area contributed by atoms with Crippen LogP contribution in [0.4, 0.5) is 13.2 Å². The van der Waals surface area contributed by atoms with Crippen molar-refractivity contribution < 1.29 is 41.1 Å². The Kier molecular flexibility index (Phi) is 4.88. The van der Waals surface area contributed by atoms with E-state index in [1.54, 1.807) is 0 Å². The van der Waals surface area contributed by atoms with Crippen molar-refractivity contribution in [2.24, 2.45) is 0 Å². The summed E-state index contributed by atoms with van der Waals surface area (Å²) in [5, 5.41) is 18.9. The molecule has 0 bridgehead atoms. The first-order valence-electron chi connectivity index (χ1n) is 7.39. The molecule has 1 unspecified atom stereocenters. The Morgan fingerprint density at radius 1 is 1.24 bits per heavy atom. The zero-order chi connectivity index (χ0) is 19.3. The van der Waals surface area contributed by atoms with E-state index in [1.807, 2.05) is 0 Å². The maximum absolute atomic E-state index is 13.1. The van der Waals surface area contributed by atoms with E-state index in [9.17, 15) is 31.2 Å². The first kappa shape index (κ1) is 20.0. The molecule has 1 atom stereocenters. The van der Waals surface area contributed by atoms with Gasteiger partial charge in [0.25, 0.3) is 10.1 Å². The van der Waals surface area contributed by atoms with E-state index in [1.165, 1.54) is 19.9 Å². The molecule has 1 aromatic carbocycles. The Bertz CT molecular complexity index is 772. The Labute approximate surface area is 143 Å². The van der Waals surface area contributed by atoms with Crippen molar-refractivity contribution in [2.75, 3.05) is 13.2 Å². The molecule has 1 aromatic rings. The van der Waals surface area contributed by atoms with Gasteiger partial charge in [0.05, 0.1) is 18.1 Å². The van der Waals surface area contributed by atoms with Gasteiger partial charge in [0.2, 0.25) is 0 Å². The number of fused-ring (bicyclic) bond motifs is 1. The molecule has 0 radical (unpaired) electrons. The fourth-order valence-corrected chi connectivity index (χ4v) is 3.56. The predicted octanol–water partition coefficient (Wildman–Crippen LogP) is 1.82. The number of halogens is 3. The zero-order valence-electron chi connectivity index (χ0n) is 13.6. The second-order valence-electron chi connectivity index (χ2n) is 6.78. The Morgan fingerprint density at radius 2 is 1.84 bits per heavy atom. The van der Waals surface area contributed by atoms with Crippen LogP contribution in [0, 0.1) is 0 Å². The van der Waals surface area contributed by atoms with Gasteiger partial charge in [-0.25, -0.2) is 0 Å². The molecule has 0 fully saturated rings. The highest BCUT2D eigenvalue weighted by Crippen LogP contribution is 2.46. The normalized spacial score (nSPS) is 17.8. The van der Waals surface area contributed by atoms with Gasteiger partial charge >= 0.3 is 6.18 Å². The lowest BCUT2D eigenvalue weighted by Gasteiger charge is -2.37. The van der Waals surface area contributed by atoms with E-state index in [4.69, 9.17) is 9.84 Å². The Balaban J connectivity index is 2.58. The summed E-state index contributed by atoms with van der Waals surface area (Å²) in [5.74, 6) is 0.236. The van der Waals surface area contributed by atoms with E-state index < -0.39 is 45.2 Å². The molecule has 25 heavy (non-hydrogen) atoms. The molecule has 2 rings (SSSR count). The number of aliphatic hydroxyl groups excluding tert-OH is 1. The molecule has 3 N–H and O–H groups in total. The van der Waals surface area contributed by atoms with Gasteiger partial charge in [-0.3, -0.25) is 4.55 Å². The fraction of sp³-hybridized carbons (Fsp3) is 0.600. The lowest BCUT2D eigenvalue weighted by Crippen LogP contribution is -2.52. The maximum Gasteiger partial charge on any atom is 0.419 e. The van der Waals surface area contributed by atoms with Gasteiger partial charge < -0.3 is 14.9 Å². The standard InChI is InChI=1S/C15H19F3O6S/c1-13(2,7-14(20,8-19)15(16,17)18)11-6-10(25(21,22)23)5-9-3-4-24-12(9)11/h5-6,19-20H,3-4,7-8H2,1-2H3,(H,21,22,23). The third-order valence-electron chi connectivity index (χ3n) is 4.31. The van der Waals surface area contributed by atoms with Crippen molar-refractivity contribution in [3.63, 3.8) is 0 Å². The minimum absolute atomic E-state index is 0.103. The number of benzene rings is 1. The molecule has 0 saturated heterocycles. The smallest absolute Gasteiger partial charge is 0.419 e. The maximum atomic E-state index is 13.1. The summed E-state index contributed by atoms with van der Waals surface area (Å²) in [5.41, 5.74) is -4.23. The molecule has 0 aliphatic carbocycles. The second kappa shape index (κ2) is 6.11. The van der Waals surface area contributed by atoms with Gasteiger partial charge in [-0.2, -0.15) is 21.6 Å². The number of rotatable bonds is 5. The average Bonchev–Trinajstić information content (AvgIpc) is 2.91. The van der Waals surface area contributed by atoms with Crippen molar-refractivity contribution in [3.05, 3.63) is 23.3 Å². The van der Waals surface area contributed by atoms with Crippen molar-refractivity contribution in [3.8, 4) is 5.75 Å². The van der Waals surface area contributed by atoms with Gasteiger partial charge in [-0.15, -0.1) is 0 Å². The third-order valence-corrected chi connectivity index (χ3v) is 5.14. The topological polar surface area (TPSA) is 104 Å². The van der Waals surface area contributed by atoms with E-state index in [0.717, 1.165) is 6.07 Å². The summed E-state index contributed by atoms with van der Waals surface area (Å²) in [6, 6.07) is 2.24. The first-order chi connectivity index (χ1) is 11.2. The quantitative estimate of drug-likeness (QED) is 0.669. The highest BCUT2D eigenvalue weighted by Gasteiger charge is 2.56. The monoisotopic (exact) mass is 384 g/mol. The molecule has 6 nitrogen and oxygen atoms in total. The minimum Gasteiger partial charge on any atom is -0.493 e. The van der Waals surface area contributed by atoms with Gasteiger partial charge in [-0.05, 0) is 29.5 Å². The lowest BCUT2D eigenvalue weighted by molar-refractivity contribution is -0.277. The van der Waals surface area contributed by atoms with Gasteiger partial charge in [0.15, 0.2) is 5.60 Å². The van der Waals surface area contributed by atoms with Crippen LogP contribution < -0.4 is 4.74 Å². The summed E-state index contributed by atoms with van der Waals surface area (Å²) < 4.78 is 77.0. The van der Waals surface area contributed by atoms with Crippen LogP contribution in [-0.4, -0.2) is 48.2 Å². The molecule has 0 spiro atoms. The molecular weight excluding hydrogens is 365 g/mol. The molecule has 0 aromatic heterocycles. The van der Waals surface area contributed by atoms with Crippen LogP contribution in [0.5, 0.6) is 5.75 Å². The zero-order valence-corrected chi connectivity index (χ0v) is 14.4. The number of alkyl halides is 3. The van der Waals surface area contributed by atoms with Crippen LogP contribution in [0.1, 0.15) is 31.4 Å². The van der Waals surface area contributed by atoms with Crippen LogP contribution in [0.25, 0.3) is 0 Å². The molecule has 1 aliphatic heterocycles. The van der Waals surface area contributed by atoms with Crippen LogP contribution in [-0.2, 0) is 22.0 Å². The Hall–Kier alpha value is -1.36. The van der Waals surface area contributed by atoms with Gasteiger partial charge in [-0.1, -0.05) is 13.8 Å². The molecule has 10 heteroatoms. The summed E-state index contributed by atoms with van der Waals surface area (Å²) in [6.07, 6.45) is -5.67. The van der Waals surface area contributed by atoms with Gasteiger partial charge in [0.1, 0.15) is 5.75 Å². The van der Waals surface area contributed by atoms with Crippen LogP contribution >= 0.6 is 0 Å². The summed E-state index contributed by atoms with van der Waals surface area (Å²) >= 11 is 0. The summed E-state index contributed by atoms with van der Waals surface area (Å²) in [4.78, 5) is -0.459. The molecule has 142 valence electrons. The van der Waals surface area contributed by atoms with Gasteiger partial charge in [0, 0.05) is 12.0 Å². The number of ether oxygens (including phenoxy) is 1. The van der Waals surface area contributed by atoms with Crippen molar-refractivity contribution in [1.29, 1.82) is 0 Å². The molecule has 0 saturated carbocycles. The number of aliphatic hydroxyl groups is 2. The first-order valence-corrected chi connectivity index (χ1v) is 8.83. The van der Waals surface area contributed by atoms with E-state index in [-0.39, 0.29) is 17.9 Å². The second-order valence-corrected chi connectivity index (χ2v) is 8.20. The SMILES string of the molecule is CC(C)(CC(O)(CO)C(F)(F)F)c1cc(S(=O)(=O)O)cc2c1OCC2. The van der Waals surface area contributed by atoms with Crippen LogP contribution in [0.3, 0.4) is 0 Å². The van der Waals surface area contributed by atoms with E-state index in [0.29, 0.717) is 12.0 Å². The van der Waals surface area contributed by atoms with Crippen LogP contribution in [0.2, 0.25) is 0 Å². The van der Waals surface area contributed by atoms with Crippen molar-refractivity contribution in [2.45, 2.75) is 48.8 Å². The number of hydrogen-bond acceptors (Lipinski definition) is 5. The summed E-state index contributed by atoms with van der Waals surface area (Å²) in [7, 11) is -4.57. The molecule has 1 heterocycles. The predicted molar refractivity (Wildman–Crippen MR) is 81.2 cm³/mol. The van der Waals surface area contributed by atoms with Crippen molar-refractivity contribution >= 4 is 10.1 Å². The Morgan fingerprint density at radius 3 is 2.32 bits per heavy atom. The highest BCUT2D eigenvalue weighted by atomic mass is 32.2. The highest BCUT2D eigenvalue weighted by molar-refractivity contribution is 7.85. The number of hydrogen-bond donors (Lipinski definition) is 3.